The molecule has 0 fully saturated rings. The first-order valence-corrected chi connectivity index (χ1v) is 5.39. The van der Waals surface area contributed by atoms with E-state index in [1.807, 2.05) is 6.92 Å². The normalized spacial score (nSPS) is 9.53. The van der Waals surface area contributed by atoms with E-state index in [0.29, 0.717) is 12.3 Å². The van der Waals surface area contributed by atoms with E-state index < -0.39 is 0 Å². The summed E-state index contributed by atoms with van der Waals surface area (Å²) in [7, 11) is 0. The Morgan fingerprint density at radius 2 is 1.88 bits per heavy atom. The zero-order valence-electron chi connectivity index (χ0n) is 9.95. The smallest absolute Gasteiger partial charge is 0.243 e. The summed E-state index contributed by atoms with van der Waals surface area (Å²) >= 11 is 0. The van der Waals surface area contributed by atoms with Crippen LogP contribution in [-0.4, -0.2) is 25.0 Å². The third-order valence-corrected chi connectivity index (χ3v) is 1.95. The number of carbonyl (C=O) groups excluding carboxylic acids is 2. The molecule has 0 radical (unpaired) electrons. The Bertz CT molecular complexity index is 387. The first-order chi connectivity index (χ1) is 8.11. The van der Waals surface area contributed by atoms with Crippen LogP contribution in [0.4, 0.5) is 5.69 Å². The average Bonchev–Trinajstić information content (AvgIpc) is 2.29. The molecule has 0 unspecified atom stereocenters. The Balaban J connectivity index is 2.45. The molecule has 5 nitrogen and oxygen atoms in total. The Hall–Kier alpha value is -2.04. The lowest BCUT2D eigenvalue weighted by Crippen LogP contribution is -2.31. The minimum atomic E-state index is -0.260. The number of ether oxygens (including phenoxy) is 1. The van der Waals surface area contributed by atoms with Gasteiger partial charge >= 0.3 is 0 Å². The number of rotatable bonds is 5. The Morgan fingerprint density at radius 3 is 2.41 bits per heavy atom. The number of amides is 2. The first-order valence-electron chi connectivity index (χ1n) is 5.39. The average molecular weight is 236 g/mol. The van der Waals surface area contributed by atoms with Crippen LogP contribution in [0.2, 0.25) is 0 Å². The van der Waals surface area contributed by atoms with Gasteiger partial charge in [-0.2, -0.15) is 0 Å². The molecular weight excluding hydrogens is 220 g/mol. The third-order valence-electron chi connectivity index (χ3n) is 1.95. The summed E-state index contributed by atoms with van der Waals surface area (Å²) in [5.74, 6) is 0.267. The van der Waals surface area contributed by atoms with Gasteiger partial charge in [0.25, 0.3) is 0 Å². The van der Waals surface area contributed by atoms with Crippen LogP contribution in [-0.2, 0) is 9.59 Å². The number of benzene rings is 1. The number of hydrogen-bond acceptors (Lipinski definition) is 3. The molecule has 92 valence electrons. The van der Waals surface area contributed by atoms with Gasteiger partial charge in [-0.1, -0.05) is 0 Å². The fourth-order valence-electron chi connectivity index (χ4n) is 1.21. The fourth-order valence-corrected chi connectivity index (χ4v) is 1.21. The van der Waals surface area contributed by atoms with Crippen LogP contribution in [0.25, 0.3) is 0 Å². The van der Waals surface area contributed by atoms with Gasteiger partial charge in [-0.3, -0.25) is 9.59 Å². The Labute approximate surface area is 100 Å². The van der Waals surface area contributed by atoms with Crippen molar-refractivity contribution in [3.8, 4) is 5.75 Å². The van der Waals surface area contributed by atoms with Gasteiger partial charge in [-0.25, -0.2) is 0 Å². The summed E-state index contributed by atoms with van der Waals surface area (Å²) in [6, 6.07) is 7.04. The van der Waals surface area contributed by atoms with Crippen molar-refractivity contribution in [2.24, 2.45) is 0 Å². The first kappa shape index (κ1) is 13.0. The van der Waals surface area contributed by atoms with Crippen LogP contribution in [0.15, 0.2) is 24.3 Å². The van der Waals surface area contributed by atoms with Gasteiger partial charge in [0.2, 0.25) is 11.8 Å². The largest absolute Gasteiger partial charge is 0.494 e. The van der Waals surface area contributed by atoms with E-state index in [0.717, 1.165) is 5.75 Å². The second-order valence-electron chi connectivity index (χ2n) is 3.42. The predicted octanol–water partition coefficient (Wildman–Crippen LogP) is 1.16. The van der Waals surface area contributed by atoms with Crippen LogP contribution in [0.1, 0.15) is 13.8 Å². The molecule has 2 amide bonds. The van der Waals surface area contributed by atoms with Crippen LogP contribution in [0.3, 0.4) is 0 Å². The van der Waals surface area contributed by atoms with Crippen LogP contribution < -0.4 is 15.4 Å². The van der Waals surface area contributed by atoms with E-state index >= 15 is 0 Å². The molecule has 0 saturated heterocycles. The monoisotopic (exact) mass is 236 g/mol. The van der Waals surface area contributed by atoms with Gasteiger partial charge in [0, 0.05) is 12.6 Å². The summed E-state index contributed by atoms with van der Waals surface area (Å²) in [6.07, 6.45) is 0. The maximum Gasteiger partial charge on any atom is 0.243 e. The number of nitrogens with one attached hydrogen (secondary N) is 2. The van der Waals surface area contributed by atoms with E-state index in [1.165, 1.54) is 6.92 Å². The van der Waals surface area contributed by atoms with E-state index in [1.54, 1.807) is 24.3 Å². The highest BCUT2D eigenvalue weighted by molar-refractivity contribution is 5.94. The number of hydrogen-bond donors (Lipinski definition) is 2. The van der Waals surface area contributed by atoms with E-state index in [9.17, 15) is 9.59 Å². The minimum absolute atomic E-state index is 0.0253. The zero-order chi connectivity index (χ0) is 12.7. The molecule has 1 rings (SSSR count). The molecule has 0 aliphatic rings. The number of anilines is 1. The summed E-state index contributed by atoms with van der Waals surface area (Å²) in [4.78, 5) is 22.0. The maximum absolute atomic E-state index is 11.4. The highest BCUT2D eigenvalue weighted by Gasteiger charge is 2.02. The Kier molecular flexibility index (Phi) is 5.00. The van der Waals surface area contributed by atoms with Crippen LogP contribution in [0.5, 0.6) is 5.75 Å². The van der Waals surface area contributed by atoms with Crippen molar-refractivity contribution in [1.29, 1.82) is 0 Å². The van der Waals surface area contributed by atoms with Crippen molar-refractivity contribution >= 4 is 17.5 Å². The third kappa shape index (κ3) is 5.01. The van der Waals surface area contributed by atoms with Crippen molar-refractivity contribution in [3.63, 3.8) is 0 Å². The van der Waals surface area contributed by atoms with Gasteiger partial charge in [-0.05, 0) is 31.2 Å². The van der Waals surface area contributed by atoms with Gasteiger partial charge in [0.05, 0.1) is 13.2 Å². The molecule has 0 aliphatic heterocycles. The van der Waals surface area contributed by atoms with Gasteiger partial charge in [-0.15, -0.1) is 0 Å². The maximum atomic E-state index is 11.4. The fraction of sp³-hybridized carbons (Fsp3) is 0.333. The summed E-state index contributed by atoms with van der Waals surface area (Å²) in [5, 5.41) is 5.08. The molecule has 0 bridgehead atoms. The zero-order valence-corrected chi connectivity index (χ0v) is 9.95. The lowest BCUT2D eigenvalue weighted by Gasteiger charge is -2.07. The van der Waals surface area contributed by atoms with Gasteiger partial charge in [0.15, 0.2) is 0 Å². The molecular formula is C12H16N2O3. The molecule has 2 N–H and O–H groups in total. The SMILES string of the molecule is CCOc1ccc(NC(=O)CNC(C)=O)cc1. The van der Waals surface area contributed by atoms with Gasteiger partial charge in [0.1, 0.15) is 5.75 Å². The molecule has 5 heteroatoms. The summed E-state index contributed by atoms with van der Waals surface area (Å²) < 4.78 is 5.28. The van der Waals surface area contributed by atoms with Crippen molar-refractivity contribution in [2.75, 3.05) is 18.5 Å². The number of carbonyl (C=O) groups is 2. The molecule has 0 aliphatic carbocycles. The Morgan fingerprint density at radius 1 is 1.24 bits per heavy atom. The lowest BCUT2D eigenvalue weighted by atomic mass is 10.3. The molecule has 0 saturated carbocycles. The van der Waals surface area contributed by atoms with Gasteiger partial charge < -0.3 is 15.4 Å². The van der Waals surface area contributed by atoms with E-state index in [-0.39, 0.29) is 18.4 Å². The highest BCUT2D eigenvalue weighted by atomic mass is 16.5. The quantitative estimate of drug-likeness (QED) is 0.806. The topological polar surface area (TPSA) is 67.4 Å². The van der Waals surface area contributed by atoms with Crippen molar-refractivity contribution in [2.45, 2.75) is 13.8 Å². The molecule has 1 aromatic carbocycles. The van der Waals surface area contributed by atoms with Crippen molar-refractivity contribution in [3.05, 3.63) is 24.3 Å². The highest BCUT2D eigenvalue weighted by Crippen LogP contribution is 2.15. The lowest BCUT2D eigenvalue weighted by molar-refractivity contribution is -0.122. The summed E-state index contributed by atoms with van der Waals surface area (Å²) in [5.41, 5.74) is 0.670. The molecule has 0 heterocycles. The molecule has 0 atom stereocenters. The van der Waals surface area contributed by atoms with Crippen LogP contribution in [0, 0.1) is 0 Å². The predicted molar refractivity (Wildman–Crippen MR) is 64.9 cm³/mol. The standard InChI is InChI=1S/C12H16N2O3/c1-3-17-11-6-4-10(5-7-11)14-12(16)8-13-9(2)15/h4-7H,3,8H2,1-2H3,(H,13,15)(H,14,16). The minimum Gasteiger partial charge on any atom is -0.494 e. The van der Waals surface area contributed by atoms with Crippen LogP contribution >= 0.6 is 0 Å². The van der Waals surface area contributed by atoms with Crippen molar-refractivity contribution in [1.82, 2.24) is 5.32 Å². The molecule has 0 spiro atoms. The van der Waals surface area contributed by atoms with E-state index in [2.05, 4.69) is 10.6 Å². The second kappa shape index (κ2) is 6.52. The second-order valence-corrected chi connectivity index (χ2v) is 3.42. The molecule has 1 aromatic rings. The molecule has 17 heavy (non-hydrogen) atoms. The molecule has 0 aromatic heterocycles. The summed E-state index contributed by atoms with van der Waals surface area (Å²) in [6.45, 7) is 3.85. The van der Waals surface area contributed by atoms with E-state index in [4.69, 9.17) is 4.74 Å². The van der Waals surface area contributed by atoms with Crippen molar-refractivity contribution < 1.29 is 14.3 Å².